The van der Waals surface area contributed by atoms with Gasteiger partial charge in [-0.05, 0) is 152 Å². The van der Waals surface area contributed by atoms with E-state index in [-0.39, 0.29) is 34.0 Å². The number of aromatic hydroxyl groups is 1. The van der Waals surface area contributed by atoms with Crippen LogP contribution < -0.4 is 0 Å². The molecule has 0 saturated heterocycles. The molecule has 2 aromatic heterocycles. The molecule has 0 bridgehead atoms. The molecule has 0 atom stereocenters. The zero-order valence-electron chi connectivity index (χ0n) is 44.6. The minimum atomic E-state index is -2.56. The van der Waals surface area contributed by atoms with Crippen molar-refractivity contribution in [2.24, 2.45) is 0 Å². The van der Waals surface area contributed by atoms with Gasteiger partial charge in [0.15, 0.2) is 0 Å². The van der Waals surface area contributed by atoms with Crippen molar-refractivity contribution in [2.75, 3.05) is 0 Å². The van der Waals surface area contributed by atoms with Crippen LogP contribution in [0.15, 0.2) is 128 Å². The Morgan fingerprint density at radius 1 is 0.631 bits per heavy atom. The van der Waals surface area contributed by atoms with Crippen LogP contribution in [0.25, 0.3) is 72.7 Å². The largest absolute Gasteiger partial charge is 0.507 e. The SMILES string of the molecule is [2H]C([2H])([2H])c1cc(-c2c(C([2H])(C)C)cccc2C(C)(C)C)ccc1-n1c(-c2cc(C(C)C)cc(C(C)C)c2O)nc2c(-c3cc(-c4cc(-c5ccc(C)cc5)ccn4)cc(C(C)(C)C)c3)cccc21. The fraction of sp³-hybridized carbons (Fsp3) is 0.311. The first kappa shape index (κ1) is 40.3. The molecule has 0 unspecified atom stereocenters. The Kier molecular flexibility index (Phi) is 10.7. The molecule has 0 aliphatic heterocycles. The molecular formula is C61H67N3O. The van der Waals surface area contributed by atoms with Gasteiger partial charge >= 0.3 is 0 Å². The summed E-state index contributed by atoms with van der Waals surface area (Å²) in [6, 6.07) is 41.3. The van der Waals surface area contributed by atoms with Gasteiger partial charge < -0.3 is 5.11 Å². The second-order valence-corrected chi connectivity index (χ2v) is 20.8. The summed E-state index contributed by atoms with van der Waals surface area (Å²) in [5, 5.41) is 12.4. The van der Waals surface area contributed by atoms with Crippen LogP contribution in [-0.4, -0.2) is 19.6 Å². The third kappa shape index (κ3) is 8.80. The van der Waals surface area contributed by atoms with Crippen molar-refractivity contribution in [3.05, 3.63) is 166 Å². The Hall–Kier alpha value is -6.26. The minimum absolute atomic E-state index is 0.00287. The van der Waals surface area contributed by atoms with Crippen LogP contribution in [0.4, 0.5) is 0 Å². The van der Waals surface area contributed by atoms with Crippen LogP contribution in [0.3, 0.4) is 0 Å². The number of aryl methyl sites for hydroxylation is 2. The summed E-state index contributed by atoms with van der Waals surface area (Å²) < 4.78 is 38.7. The number of benzene rings is 6. The number of hydrogen-bond acceptors (Lipinski definition) is 3. The summed E-state index contributed by atoms with van der Waals surface area (Å²) >= 11 is 0. The first-order valence-corrected chi connectivity index (χ1v) is 23.1. The lowest BCUT2D eigenvalue weighted by atomic mass is 9.78. The van der Waals surface area contributed by atoms with E-state index in [0.29, 0.717) is 28.1 Å². The van der Waals surface area contributed by atoms with Gasteiger partial charge in [-0.2, -0.15) is 0 Å². The molecule has 4 nitrogen and oxygen atoms in total. The lowest BCUT2D eigenvalue weighted by Crippen LogP contribution is -2.14. The molecule has 0 spiro atoms. The normalized spacial score (nSPS) is 13.6. The van der Waals surface area contributed by atoms with Crippen molar-refractivity contribution in [3.8, 4) is 67.5 Å². The molecule has 0 fully saturated rings. The zero-order chi connectivity index (χ0) is 50.1. The van der Waals surface area contributed by atoms with Crippen LogP contribution in [0.5, 0.6) is 5.75 Å². The molecule has 2 heterocycles. The summed E-state index contributed by atoms with van der Waals surface area (Å²) in [5.41, 5.74) is 15.4. The van der Waals surface area contributed by atoms with Crippen molar-refractivity contribution in [1.29, 1.82) is 0 Å². The molecule has 65 heavy (non-hydrogen) atoms. The predicted octanol–water partition coefficient (Wildman–Crippen LogP) is 17.0. The maximum atomic E-state index is 12.4. The van der Waals surface area contributed by atoms with Gasteiger partial charge in [-0.15, -0.1) is 0 Å². The maximum absolute atomic E-state index is 12.4. The van der Waals surface area contributed by atoms with E-state index in [1.54, 1.807) is 6.07 Å². The highest BCUT2D eigenvalue weighted by molar-refractivity contribution is 5.97. The topological polar surface area (TPSA) is 50.9 Å². The number of imidazole rings is 1. The van der Waals surface area contributed by atoms with Gasteiger partial charge in [0.1, 0.15) is 11.6 Å². The monoisotopic (exact) mass is 862 g/mol. The summed E-state index contributed by atoms with van der Waals surface area (Å²) in [7, 11) is 0. The lowest BCUT2D eigenvalue weighted by molar-refractivity contribution is 0.466. The zero-order valence-corrected chi connectivity index (χ0v) is 40.6. The molecule has 8 rings (SSSR count). The first-order valence-electron chi connectivity index (χ1n) is 25.1. The lowest BCUT2D eigenvalue weighted by Gasteiger charge is -2.27. The van der Waals surface area contributed by atoms with Gasteiger partial charge in [-0.3, -0.25) is 9.55 Å². The third-order valence-corrected chi connectivity index (χ3v) is 12.9. The Bertz CT molecular complexity index is 3190. The minimum Gasteiger partial charge on any atom is -0.507 e. The predicted molar refractivity (Wildman–Crippen MR) is 277 cm³/mol. The van der Waals surface area contributed by atoms with Crippen molar-refractivity contribution < 1.29 is 10.6 Å². The fourth-order valence-corrected chi connectivity index (χ4v) is 9.05. The highest BCUT2D eigenvalue weighted by atomic mass is 16.3. The molecule has 6 aromatic carbocycles. The molecule has 0 radical (unpaired) electrons. The Balaban J connectivity index is 1.45. The number of nitrogens with zero attached hydrogens (tertiary/aromatic N) is 3. The maximum Gasteiger partial charge on any atom is 0.149 e. The van der Waals surface area contributed by atoms with Crippen LogP contribution in [0, 0.1) is 13.8 Å². The van der Waals surface area contributed by atoms with E-state index < -0.39 is 12.7 Å². The first-order chi connectivity index (χ1) is 32.2. The molecule has 0 aliphatic rings. The molecule has 0 saturated carbocycles. The summed E-state index contributed by atoms with van der Waals surface area (Å²) in [6.07, 6.45) is 1.87. The van der Waals surface area contributed by atoms with E-state index in [1.807, 2.05) is 73.1 Å². The number of hydrogen-bond donors (Lipinski definition) is 1. The van der Waals surface area contributed by atoms with Gasteiger partial charge in [0.2, 0.25) is 0 Å². The molecule has 4 heteroatoms. The van der Waals surface area contributed by atoms with Crippen LogP contribution >= 0.6 is 0 Å². The second kappa shape index (κ2) is 17.3. The molecule has 0 aliphatic carbocycles. The van der Waals surface area contributed by atoms with Crippen molar-refractivity contribution >= 4 is 11.0 Å². The quantitative estimate of drug-likeness (QED) is 0.157. The van der Waals surface area contributed by atoms with E-state index >= 15 is 0 Å². The average molecular weight is 862 g/mol. The van der Waals surface area contributed by atoms with Crippen molar-refractivity contribution in [1.82, 2.24) is 14.5 Å². The summed E-state index contributed by atoms with van der Waals surface area (Å²) in [6.45, 7) is 24.8. The molecule has 0 amide bonds. The smallest absolute Gasteiger partial charge is 0.149 e. The second-order valence-electron chi connectivity index (χ2n) is 20.8. The number of rotatable bonds is 9. The van der Waals surface area contributed by atoms with Crippen LogP contribution in [0.2, 0.25) is 0 Å². The Labute approximate surface area is 394 Å². The van der Waals surface area contributed by atoms with E-state index in [0.717, 1.165) is 72.5 Å². The fourth-order valence-electron chi connectivity index (χ4n) is 9.05. The third-order valence-electron chi connectivity index (χ3n) is 12.9. The van der Waals surface area contributed by atoms with E-state index in [1.165, 1.54) is 5.56 Å². The van der Waals surface area contributed by atoms with Crippen molar-refractivity contribution in [3.63, 3.8) is 0 Å². The summed E-state index contributed by atoms with van der Waals surface area (Å²) in [4.78, 5) is 10.4. The van der Waals surface area contributed by atoms with Crippen LogP contribution in [-0.2, 0) is 10.8 Å². The van der Waals surface area contributed by atoms with E-state index in [9.17, 15) is 10.6 Å². The Morgan fingerprint density at radius 2 is 1.34 bits per heavy atom. The highest BCUT2D eigenvalue weighted by Gasteiger charge is 2.27. The van der Waals surface area contributed by atoms with Crippen LogP contribution in [0.1, 0.15) is 145 Å². The standard InChI is InChI=1S/C61H67N3O/c1-36(2)44-33-50(38(5)6)58(65)51(34-44)59-63-57-49(45-30-46(32-47(31-45)60(9,10)11)53-35-42(27-28-62-53)41-23-21-39(7)22-24-41)18-16-20-55(57)64(59)54-26-25-43(29-40(54)8)56-48(37(3)4)17-15-19-52(56)61(12,13)14/h15-38,65H,1-14H3/i8D3,37D. The van der Waals surface area contributed by atoms with Gasteiger partial charge in [-0.25, -0.2) is 4.98 Å². The average Bonchev–Trinajstić information content (AvgIpc) is 3.67. The molecule has 332 valence electrons. The van der Waals surface area contributed by atoms with Gasteiger partial charge in [0, 0.05) is 22.8 Å². The number of aromatic nitrogens is 3. The number of pyridine rings is 1. The molecular weight excluding hydrogens is 791 g/mol. The Morgan fingerprint density at radius 3 is 2.00 bits per heavy atom. The van der Waals surface area contributed by atoms with Gasteiger partial charge in [0.05, 0.1) is 28.0 Å². The number of fused-ring (bicyclic) bond motifs is 1. The van der Waals surface area contributed by atoms with Gasteiger partial charge in [-0.1, -0.05) is 161 Å². The van der Waals surface area contributed by atoms with Gasteiger partial charge in [0.25, 0.3) is 0 Å². The van der Waals surface area contributed by atoms with E-state index in [4.69, 9.17) is 9.97 Å². The summed E-state index contributed by atoms with van der Waals surface area (Å²) in [5.74, 6) is -0.250. The molecule has 1 N–H and O–H groups in total. The molecule has 8 aromatic rings. The highest BCUT2D eigenvalue weighted by Crippen LogP contribution is 2.45. The van der Waals surface area contributed by atoms with Crippen molar-refractivity contribution in [2.45, 2.75) is 125 Å². The number of phenolic OH excluding ortho intramolecular Hbond substituents is 1. The number of para-hydroxylation sites is 1. The number of phenols is 1. The van der Waals surface area contributed by atoms with E-state index in [2.05, 4.69) is 143 Å².